The van der Waals surface area contributed by atoms with Crippen LogP contribution in [0.3, 0.4) is 0 Å². The van der Waals surface area contributed by atoms with Gasteiger partial charge in [0.1, 0.15) is 0 Å². The molecule has 0 fully saturated rings. The van der Waals surface area contributed by atoms with Crippen LogP contribution in [-0.4, -0.2) is 29.5 Å². The fraction of sp³-hybridized carbons (Fsp3) is 0.250. The first-order valence-electron chi connectivity index (χ1n) is 6.47. The maximum atomic E-state index is 3.83. The summed E-state index contributed by atoms with van der Waals surface area (Å²) < 4.78 is 0. The van der Waals surface area contributed by atoms with Crippen molar-refractivity contribution in [2.24, 2.45) is 0 Å². The second kappa shape index (κ2) is 4.83. The van der Waals surface area contributed by atoms with Gasteiger partial charge in [-0.3, -0.25) is 4.90 Å². The van der Waals surface area contributed by atoms with Crippen LogP contribution in [0.25, 0.3) is 16.5 Å². The quantitative estimate of drug-likeness (QED) is 0.811. The summed E-state index contributed by atoms with van der Waals surface area (Å²) in [6.07, 6.45) is 7.50. The van der Waals surface area contributed by atoms with Gasteiger partial charge in [-0.1, -0.05) is 24.3 Å². The predicted octanol–water partition coefficient (Wildman–Crippen LogP) is 3.44. The van der Waals surface area contributed by atoms with Gasteiger partial charge in [-0.05, 0) is 29.7 Å². The van der Waals surface area contributed by atoms with Gasteiger partial charge in [-0.25, -0.2) is 0 Å². The lowest BCUT2D eigenvalue weighted by Gasteiger charge is -2.26. The molecule has 0 radical (unpaired) electrons. The zero-order valence-corrected chi connectivity index (χ0v) is 10.5. The van der Waals surface area contributed by atoms with Crippen LogP contribution in [0.15, 0.2) is 49.2 Å². The van der Waals surface area contributed by atoms with Crippen LogP contribution in [0, 0.1) is 0 Å². The molecular weight excluding hydrogens is 220 g/mol. The van der Waals surface area contributed by atoms with Gasteiger partial charge in [-0.15, -0.1) is 6.58 Å². The summed E-state index contributed by atoms with van der Waals surface area (Å²) in [5.74, 6) is 0. The summed E-state index contributed by atoms with van der Waals surface area (Å²) in [5.41, 5.74) is 4.02. The van der Waals surface area contributed by atoms with Gasteiger partial charge in [0.15, 0.2) is 0 Å². The first-order valence-corrected chi connectivity index (χ1v) is 6.47. The molecule has 0 amide bonds. The number of aromatic amines is 1. The normalized spacial score (nSPS) is 16.8. The number of H-pyrrole nitrogens is 1. The number of hydrogen-bond acceptors (Lipinski definition) is 1. The van der Waals surface area contributed by atoms with Crippen LogP contribution < -0.4 is 0 Å². The molecule has 1 aromatic heterocycles. The van der Waals surface area contributed by atoms with E-state index < -0.39 is 0 Å². The highest BCUT2D eigenvalue weighted by molar-refractivity contribution is 5.92. The molecule has 1 N–H and O–H groups in total. The van der Waals surface area contributed by atoms with Crippen molar-refractivity contribution in [1.82, 2.24) is 9.88 Å². The molecule has 2 aromatic rings. The number of nitrogens with zero attached hydrogens (tertiary/aromatic N) is 1. The highest BCUT2D eigenvalue weighted by atomic mass is 15.1. The summed E-state index contributed by atoms with van der Waals surface area (Å²) in [7, 11) is 0. The van der Waals surface area contributed by atoms with Crippen molar-refractivity contribution in [3.05, 3.63) is 54.8 Å². The molecule has 92 valence electrons. The van der Waals surface area contributed by atoms with Crippen molar-refractivity contribution in [1.29, 1.82) is 0 Å². The maximum absolute atomic E-state index is 3.83. The lowest BCUT2D eigenvalue weighted by Crippen LogP contribution is -2.29. The predicted molar refractivity (Wildman–Crippen MR) is 77.5 cm³/mol. The first-order chi connectivity index (χ1) is 8.88. The van der Waals surface area contributed by atoms with Crippen LogP contribution in [0.1, 0.15) is 12.0 Å². The van der Waals surface area contributed by atoms with Crippen molar-refractivity contribution in [2.75, 3.05) is 19.6 Å². The van der Waals surface area contributed by atoms with E-state index in [0.717, 1.165) is 26.1 Å². The van der Waals surface area contributed by atoms with E-state index in [4.69, 9.17) is 0 Å². The van der Waals surface area contributed by atoms with Gasteiger partial charge < -0.3 is 4.98 Å². The third kappa shape index (κ3) is 2.00. The number of nitrogens with one attached hydrogen (secondary N) is 1. The molecule has 3 rings (SSSR count). The smallest absolute Gasteiger partial charge is 0.0460 e. The Morgan fingerprint density at radius 2 is 2.28 bits per heavy atom. The molecular formula is C16H18N2. The SMILES string of the molecule is C=CCN1CCC=C(c2cccc3[nH]ccc23)C1. The van der Waals surface area contributed by atoms with E-state index in [0.29, 0.717) is 0 Å². The molecule has 0 bridgehead atoms. The number of hydrogen-bond donors (Lipinski definition) is 1. The Bertz CT molecular complexity index is 592. The maximum Gasteiger partial charge on any atom is 0.0460 e. The number of benzene rings is 1. The summed E-state index contributed by atoms with van der Waals surface area (Å²) in [4.78, 5) is 5.72. The Morgan fingerprint density at radius 1 is 1.33 bits per heavy atom. The van der Waals surface area contributed by atoms with Crippen LogP contribution in [-0.2, 0) is 0 Å². The first kappa shape index (κ1) is 11.3. The van der Waals surface area contributed by atoms with E-state index in [2.05, 4.69) is 46.8 Å². The second-order valence-electron chi connectivity index (χ2n) is 4.79. The molecule has 1 aromatic carbocycles. The summed E-state index contributed by atoms with van der Waals surface area (Å²) in [6, 6.07) is 8.64. The highest BCUT2D eigenvalue weighted by Gasteiger charge is 2.14. The average molecular weight is 238 g/mol. The van der Waals surface area contributed by atoms with E-state index >= 15 is 0 Å². The molecule has 2 heteroatoms. The highest BCUT2D eigenvalue weighted by Crippen LogP contribution is 2.27. The van der Waals surface area contributed by atoms with Crippen molar-refractivity contribution in [3.8, 4) is 0 Å². The van der Waals surface area contributed by atoms with E-state index in [1.165, 1.54) is 22.0 Å². The second-order valence-corrected chi connectivity index (χ2v) is 4.79. The number of rotatable bonds is 3. The van der Waals surface area contributed by atoms with Gasteiger partial charge in [0.2, 0.25) is 0 Å². The van der Waals surface area contributed by atoms with Gasteiger partial charge >= 0.3 is 0 Å². The lowest BCUT2D eigenvalue weighted by molar-refractivity contribution is 0.338. The van der Waals surface area contributed by atoms with Crippen molar-refractivity contribution >= 4 is 16.5 Å². The van der Waals surface area contributed by atoms with Crippen LogP contribution >= 0.6 is 0 Å². The van der Waals surface area contributed by atoms with Crippen molar-refractivity contribution in [3.63, 3.8) is 0 Å². The lowest BCUT2D eigenvalue weighted by atomic mass is 9.98. The van der Waals surface area contributed by atoms with E-state index in [9.17, 15) is 0 Å². The Kier molecular flexibility index (Phi) is 3.03. The largest absolute Gasteiger partial charge is 0.361 e. The third-order valence-corrected chi connectivity index (χ3v) is 3.56. The Hall–Kier alpha value is -1.80. The molecule has 2 heterocycles. The molecule has 2 nitrogen and oxygen atoms in total. The number of fused-ring (bicyclic) bond motifs is 1. The van der Waals surface area contributed by atoms with Crippen LogP contribution in [0.4, 0.5) is 0 Å². The van der Waals surface area contributed by atoms with Crippen LogP contribution in [0.2, 0.25) is 0 Å². The van der Waals surface area contributed by atoms with E-state index in [1.807, 2.05) is 12.3 Å². The van der Waals surface area contributed by atoms with Crippen molar-refractivity contribution in [2.45, 2.75) is 6.42 Å². The minimum atomic E-state index is 0.973. The molecule has 0 aliphatic carbocycles. The van der Waals surface area contributed by atoms with Gasteiger partial charge in [0.25, 0.3) is 0 Å². The molecule has 0 unspecified atom stereocenters. The van der Waals surface area contributed by atoms with Gasteiger partial charge in [0.05, 0.1) is 0 Å². The minimum Gasteiger partial charge on any atom is -0.361 e. The molecule has 0 atom stereocenters. The monoisotopic (exact) mass is 238 g/mol. The Morgan fingerprint density at radius 3 is 3.17 bits per heavy atom. The van der Waals surface area contributed by atoms with E-state index in [-0.39, 0.29) is 0 Å². The molecule has 0 spiro atoms. The Balaban J connectivity index is 1.97. The molecule has 0 saturated heterocycles. The van der Waals surface area contributed by atoms with Crippen molar-refractivity contribution < 1.29 is 0 Å². The summed E-state index contributed by atoms with van der Waals surface area (Å²) in [5, 5.41) is 1.32. The fourth-order valence-electron chi connectivity index (χ4n) is 2.70. The van der Waals surface area contributed by atoms with Crippen LogP contribution in [0.5, 0.6) is 0 Å². The molecule has 1 aliphatic heterocycles. The standard InChI is InChI=1S/C16H18N2/c1-2-10-18-11-4-5-13(12-18)14-6-3-7-16-15(14)8-9-17-16/h2-3,5-9,17H,1,4,10-12H2. The third-order valence-electron chi connectivity index (χ3n) is 3.56. The van der Waals surface area contributed by atoms with E-state index in [1.54, 1.807) is 0 Å². The average Bonchev–Trinajstić information content (AvgIpc) is 2.87. The molecule has 0 saturated carbocycles. The van der Waals surface area contributed by atoms with Gasteiger partial charge in [-0.2, -0.15) is 0 Å². The minimum absolute atomic E-state index is 0.973. The Labute approximate surface area is 108 Å². The summed E-state index contributed by atoms with van der Waals surface area (Å²) in [6.45, 7) is 6.96. The zero-order chi connectivity index (χ0) is 12.4. The fourth-order valence-corrected chi connectivity index (χ4v) is 2.70. The zero-order valence-electron chi connectivity index (χ0n) is 10.5. The molecule has 1 aliphatic rings. The number of aromatic nitrogens is 1. The van der Waals surface area contributed by atoms with Gasteiger partial charge in [0, 0.05) is 36.7 Å². The topological polar surface area (TPSA) is 19.0 Å². The summed E-state index contributed by atoms with van der Waals surface area (Å²) >= 11 is 0. The molecule has 18 heavy (non-hydrogen) atoms.